The number of esters is 2. The summed E-state index contributed by atoms with van der Waals surface area (Å²) < 4.78 is 29.2. The average molecular weight is 1630 g/mol. The summed E-state index contributed by atoms with van der Waals surface area (Å²) in [6.07, 6.45) is 16.1. The summed E-state index contributed by atoms with van der Waals surface area (Å²) in [5, 5.41) is 34.7. The second-order valence-electron chi connectivity index (χ2n) is 30.8. The number of carbonyl (C=O) groups is 4. The summed E-state index contributed by atoms with van der Waals surface area (Å²) in [5.41, 5.74) is 7.01. The number of aromatic amines is 1. The van der Waals surface area contributed by atoms with Crippen molar-refractivity contribution in [2.45, 2.75) is 103 Å². The van der Waals surface area contributed by atoms with Crippen molar-refractivity contribution in [3.8, 4) is 40.5 Å². The number of nitriles is 3. The number of anilines is 2. The number of rotatable bonds is 11. The number of benzene rings is 6. The molecule has 0 aliphatic carbocycles. The maximum absolute atomic E-state index is 13.5. The number of halogens is 1. The van der Waals surface area contributed by atoms with Crippen LogP contribution in [0.3, 0.4) is 0 Å². The number of hydrogen-bond donors (Lipinski definition) is 1. The molecule has 3 aliphatic rings. The number of aromatic nitrogens is 9. The highest BCUT2D eigenvalue weighted by Crippen LogP contribution is 2.38. The predicted octanol–water partition coefficient (Wildman–Crippen LogP) is 15.8. The van der Waals surface area contributed by atoms with E-state index in [9.17, 15) is 35.0 Å². The van der Waals surface area contributed by atoms with Crippen LogP contribution < -0.4 is 15.3 Å². The van der Waals surface area contributed by atoms with Crippen LogP contribution in [0.15, 0.2) is 200 Å². The van der Waals surface area contributed by atoms with Crippen LogP contribution in [0, 0.1) is 34.0 Å². The highest BCUT2D eigenvalue weighted by atomic mass is 79.9. The number of methoxy groups -OCH3 is 2. The molecule has 0 saturated carbocycles. The van der Waals surface area contributed by atoms with Gasteiger partial charge in [0.1, 0.15) is 29.1 Å². The van der Waals surface area contributed by atoms with Crippen LogP contribution in [0.1, 0.15) is 128 Å². The van der Waals surface area contributed by atoms with Crippen molar-refractivity contribution >= 4 is 119 Å². The van der Waals surface area contributed by atoms with Crippen molar-refractivity contribution in [1.29, 1.82) is 15.8 Å². The van der Waals surface area contributed by atoms with E-state index in [0.29, 0.717) is 84.4 Å². The minimum atomic E-state index is -0.686. The number of pyridine rings is 5. The Hall–Kier alpha value is -12.7. The molecule has 117 heavy (non-hydrogen) atoms. The Morgan fingerprint density at radius 1 is 0.547 bits per heavy atom. The Labute approximate surface area is 688 Å². The molecule has 27 heteroatoms. The van der Waals surface area contributed by atoms with Gasteiger partial charge in [0, 0.05) is 129 Å². The molecule has 3 saturated heterocycles. The standard InChI is InChI=1S/C30H27N7O.C18H27N5O2.C18H12N2O2.C15H18BNO4.C9H6BrN/c1-36(2)22-11-13-37(14-12-22)27-10-9-26-29(34-27)35-30(33-26)28(38)19-7-8-20(16-31)24(15-19)25-18-32-17-21-5-3-4-6-23(21)25;1-18(2,3)25-17(24)23-12-19-14-6-7-15(20-16(14)23)22-10-8-13(9-11-22)21(4)5;1-22-18(21)12-6-7-13(9-19)16(8-12)17-11-20-10-14-4-2-3-5-15(14)17;1-14(2)15(3,4)21-16(20-14)12-8-10(13(18)19-5)6-7-11(12)9-17;10-9-6-11-5-7-3-1-2-4-8(7)9/h3-10,15,17-18,22H,11-14H2,1-2H3,(H,33,34,35);6-7,12-13H,8-11H2,1-5H3;2-8,10-11H,1H3;6-8H,1-5H3;1-6H. The van der Waals surface area contributed by atoms with Crippen molar-refractivity contribution in [3.63, 3.8) is 0 Å². The van der Waals surface area contributed by atoms with E-state index >= 15 is 0 Å². The van der Waals surface area contributed by atoms with Gasteiger partial charge in [-0.15, -0.1) is 0 Å². The maximum atomic E-state index is 13.5. The zero-order valence-electron chi connectivity index (χ0n) is 67.6. The topological polar surface area (TPSA) is 310 Å². The number of piperidine rings is 2. The normalized spacial score (nSPS) is 14.5. The molecule has 0 spiro atoms. The first-order valence-corrected chi connectivity index (χ1v) is 39.0. The zero-order chi connectivity index (χ0) is 83.5. The Balaban J connectivity index is 0.000000141. The van der Waals surface area contributed by atoms with Crippen LogP contribution in [0.5, 0.6) is 0 Å². The minimum Gasteiger partial charge on any atom is -0.465 e. The second-order valence-corrected chi connectivity index (χ2v) is 31.7. The van der Waals surface area contributed by atoms with Crippen molar-refractivity contribution in [2.24, 2.45) is 0 Å². The van der Waals surface area contributed by atoms with Gasteiger partial charge in [-0.05, 0) is 213 Å². The predicted molar refractivity (Wildman–Crippen MR) is 457 cm³/mol. The summed E-state index contributed by atoms with van der Waals surface area (Å²) in [6.45, 7) is 17.1. The summed E-state index contributed by atoms with van der Waals surface area (Å²) in [7, 11) is 10.5. The maximum Gasteiger partial charge on any atom is 0.496 e. The van der Waals surface area contributed by atoms with E-state index in [2.05, 4.69) is 118 Å². The smallest absolute Gasteiger partial charge is 0.465 e. The first-order chi connectivity index (χ1) is 56.1. The van der Waals surface area contributed by atoms with E-state index in [1.54, 1.807) is 79.4 Å². The second kappa shape index (κ2) is 36.4. The summed E-state index contributed by atoms with van der Waals surface area (Å²) >= 11 is 3.43. The number of imidazole rings is 2. The molecule has 594 valence electrons. The third-order valence-electron chi connectivity index (χ3n) is 21.2. The first-order valence-electron chi connectivity index (χ1n) is 38.2. The molecule has 6 aromatic carbocycles. The lowest BCUT2D eigenvalue weighted by atomic mass is 9.75. The van der Waals surface area contributed by atoms with Gasteiger partial charge in [0.2, 0.25) is 5.78 Å². The summed E-state index contributed by atoms with van der Waals surface area (Å²) in [4.78, 5) is 92.5. The number of carbonyl (C=O) groups excluding carboxylic acids is 4. The van der Waals surface area contributed by atoms with Gasteiger partial charge in [-0.2, -0.15) is 15.8 Å². The molecule has 3 fully saturated rings. The van der Waals surface area contributed by atoms with Crippen LogP contribution in [-0.4, -0.2) is 183 Å². The van der Waals surface area contributed by atoms with Gasteiger partial charge in [0.15, 0.2) is 17.1 Å². The lowest BCUT2D eigenvalue weighted by molar-refractivity contribution is 0.00578. The van der Waals surface area contributed by atoms with Crippen molar-refractivity contribution in [2.75, 3.05) is 78.4 Å². The van der Waals surface area contributed by atoms with E-state index < -0.39 is 42.0 Å². The third-order valence-corrected chi connectivity index (χ3v) is 21.8. The van der Waals surface area contributed by atoms with Gasteiger partial charge in [0.25, 0.3) is 0 Å². The first kappa shape index (κ1) is 83.7. The minimum absolute atomic E-state index is 0.225. The zero-order valence-corrected chi connectivity index (χ0v) is 69.2. The molecule has 7 aromatic heterocycles. The molecule has 3 aliphatic heterocycles. The number of ketones is 1. The van der Waals surface area contributed by atoms with Gasteiger partial charge in [-0.1, -0.05) is 72.8 Å². The van der Waals surface area contributed by atoms with Crippen LogP contribution in [0.25, 0.3) is 76.9 Å². The van der Waals surface area contributed by atoms with E-state index in [1.165, 1.54) is 35.9 Å². The SMILES string of the molecule is Brc1cncc2ccccc12.CN(C)C1CCN(c2ccc3[nH]c(C(=O)c4ccc(C#N)c(-c5cncc6ccccc56)c4)nc3n2)CC1.CN(C)C1CCN(c2ccc3ncn(C(=O)OC(C)(C)C)c3n2)CC1.COC(=O)c1ccc(C#N)c(-c2cncc3ccccc23)c1.COC(=O)c1ccc(C#N)c(B2OC(C)(C)C(C)(C)O2)c1. The van der Waals surface area contributed by atoms with Crippen LogP contribution in [0.2, 0.25) is 0 Å². The molecule has 0 amide bonds. The van der Waals surface area contributed by atoms with Crippen molar-refractivity contribution < 1.29 is 42.7 Å². The quantitative estimate of drug-likeness (QED) is 0.0544. The van der Waals surface area contributed by atoms with Gasteiger partial charge < -0.3 is 48.1 Å². The van der Waals surface area contributed by atoms with Gasteiger partial charge in [-0.25, -0.2) is 38.9 Å². The molecule has 1 N–H and O–H groups in total. The Kier molecular flexibility index (Phi) is 26.1. The fourth-order valence-electron chi connectivity index (χ4n) is 14.0. The van der Waals surface area contributed by atoms with E-state index in [4.69, 9.17) is 33.5 Å². The Morgan fingerprint density at radius 2 is 1.00 bits per heavy atom. The Bertz CT molecular complexity index is 5950. The number of nitrogens with zero attached hydrogens (tertiary/aromatic N) is 15. The number of fused-ring (bicyclic) bond motifs is 5. The van der Waals surface area contributed by atoms with Crippen LogP contribution >= 0.6 is 15.9 Å². The third kappa shape index (κ3) is 19.3. The van der Waals surface area contributed by atoms with Crippen molar-refractivity contribution in [1.82, 2.24) is 54.2 Å². The van der Waals surface area contributed by atoms with Gasteiger partial charge in [-0.3, -0.25) is 19.7 Å². The summed E-state index contributed by atoms with van der Waals surface area (Å²) in [6, 6.07) is 54.1. The molecule has 10 heterocycles. The monoisotopic (exact) mass is 1630 g/mol. The van der Waals surface area contributed by atoms with Gasteiger partial charge >= 0.3 is 25.2 Å². The number of ether oxygens (including phenoxy) is 3. The van der Waals surface area contributed by atoms with Gasteiger partial charge in [0.05, 0.1) is 77.0 Å². The van der Waals surface area contributed by atoms with E-state index in [1.807, 2.05) is 152 Å². The molecule has 25 nitrogen and oxygen atoms in total. The molecular weight excluding hydrogens is 1540 g/mol. The van der Waals surface area contributed by atoms with Crippen LogP contribution in [-0.2, 0) is 23.5 Å². The lowest BCUT2D eigenvalue weighted by Gasteiger charge is -2.35. The fraction of sp³-hybridized carbons (Fsp3) is 0.289. The molecule has 0 atom stereocenters. The van der Waals surface area contributed by atoms with Crippen LogP contribution in [0.4, 0.5) is 16.4 Å². The van der Waals surface area contributed by atoms with Crippen molar-refractivity contribution in [3.05, 3.63) is 239 Å². The lowest BCUT2D eigenvalue weighted by Crippen LogP contribution is -2.42. The molecule has 0 unspecified atom stereocenters. The summed E-state index contributed by atoms with van der Waals surface area (Å²) in [5.74, 6) is 0.841. The highest BCUT2D eigenvalue weighted by molar-refractivity contribution is 9.10. The number of nitrogens with one attached hydrogen (secondary N) is 1. The highest BCUT2D eigenvalue weighted by Gasteiger charge is 2.52. The average Bonchev–Trinajstić information content (AvgIpc) is 1.70. The van der Waals surface area contributed by atoms with E-state index in [-0.39, 0.29) is 11.6 Å². The molecule has 16 rings (SSSR count). The van der Waals surface area contributed by atoms with E-state index in [0.717, 1.165) is 101 Å². The fourth-order valence-corrected chi connectivity index (χ4v) is 14.4. The number of hydrogen-bond acceptors (Lipinski definition) is 23. The number of H-pyrrole nitrogens is 1. The molecule has 0 radical (unpaired) electrons. The largest absolute Gasteiger partial charge is 0.496 e. The molecule has 0 bridgehead atoms. The molecule has 13 aromatic rings. The Morgan fingerprint density at radius 3 is 1.50 bits per heavy atom. The molecular formula is C90H90BBrN16O9.